The Labute approximate surface area is 143 Å². The molecule has 0 radical (unpaired) electrons. The van der Waals surface area contributed by atoms with Crippen LogP contribution in [-0.4, -0.2) is 35.1 Å². The van der Waals surface area contributed by atoms with Gasteiger partial charge in [0.1, 0.15) is 11.4 Å². The van der Waals surface area contributed by atoms with Crippen molar-refractivity contribution in [2.24, 2.45) is 5.92 Å². The summed E-state index contributed by atoms with van der Waals surface area (Å²) in [6, 6.07) is 9.58. The van der Waals surface area contributed by atoms with E-state index < -0.39 is 0 Å². The fourth-order valence-electron chi connectivity index (χ4n) is 2.66. The van der Waals surface area contributed by atoms with Crippen LogP contribution in [0.25, 0.3) is 0 Å². The van der Waals surface area contributed by atoms with Crippen LogP contribution in [0.5, 0.6) is 0 Å². The van der Waals surface area contributed by atoms with Crippen molar-refractivity contribution in [3.05, 3.63) is 35.9 Å². The molecule has 126 valence electrons. The Bertz CT molecular complexity index is 533. The lowest BCUT2D eigenvalue weighted by Gasteiger charge is -2.30. The summed E-state index contributed by atoms with van der Waals surface area (Å²) in [6.07, 6.45) is 2.01. The van der Waals surface area contributed by atoms with Crippen molar-refractivity contribution >= 4 is 23.6 Å². The zero-order chi connectivity index (χ0) is 16.8. The fraction of sp³-hybridized carbons (Fsp3) is 0.556. The molecule has 1 aliphatic rings. The topological polar surface area (TPSA) is 49.4 Å². The van der Waals surface area contributed by atoms with Crippen molar-refractivity contribution in [1.82, 2.24) is 10.2 Å². The molecule has 0 aliphatic carbocycles. The first-order valence-electron chi connectivity index (χ1n) is 8.32. The predicted molar refractivity (Wildman–Crippen MR) is 95.0 cm³/mol. The van der Waals surface area contributed by atoms with Gasteiger partial charge >= 0.3 is 0 Å². The highest BCUT2D eigenvalue weighted by Gasteiger charge is 2.42. The summed E-state index contributed by atoms with van der Waals surface area (Å²) in [5, 5.41) is 2.90. The van der Waals surface area contributed by atoms with E-state index in [1.807, 2.05) is 44.2 Å². The van der Waals surface area contributed by atoms with Crippen LogP contribution in [0, 0.1) is 5.92 Å². The standard InChI is InChI=1S/C18H26N2O2S/c1-4-5-11-19-16(21)15-12-23-18(14-9-7-6-8-10-14)20(15)17(22)13(2)3/h6-10,13,15,18H,4-5,11-12H2,1-3H3,(H,19,21)/t15-,18+/m0/s1. The van der Waals surface area contributed by atoms with Crippen LogP contribution in [0.3, 0.4) is 0 Å². The summed E-state index contributed by atoms with van der Waals surface area (Å²) in [4.78, 5) is 27.0. The summed E-state index contributed by atoms with van der Waals surface area (Å²) < 4.78 is 0. The zero-order valence-corrected chi connectivity index (χ0v) is 14.9. The van der Waals surface area contributed by atoms with Gasteiger partial charge in [-0.25, -0.2) is 0 Å². The molecule has 4 nitrogen and oxygen atoms in total. The van der Waals surface area contributed by atoms with E-state index in [-0.39, 0.29) is 29.1 Å². The van der Waals surface area contributed by atoms with Gasteiger partial charge in [0.05, 0.1) is 0 Å². The molecule has 1 aromatic rings. The third kappa shape index (κ3) is 4.28. The number of nitrogens with one attached hydrogen (secondary N) is 1. The number of nitrogens with zero attached hydrogens (tertiary/aromatic N) is 1. The summed E-state index contributed by atoms with van der Waals surface area (Å²) in [5.41, 5.74) is 1.08. The van der Waals surface area contributed by atoms with Crippen molar-refractivity contribution in [2.45, 2.75) is 45.0 Å². The molecular weight excluding hydrogens is 308 g/mol. The van der Waals surface area contributed by atoms with Crippen LogP contribution in [0.2, 0.25) is 0 Å². The van der Waals surface area contributed by atoms with Crippen LogP contribution < -0.4 is 5.32 Å². The quantitative estimate of drug-likeness (QED) is 0.813. The van der Waals surface area contributed by atoms with Crippen LogP contribution in [0.15, 0.2) is 30.3 Å². The maximum absolute atomic E-state index is 12.7. The van der Waals surface area contributed by atoms with Gasteiger partial charge in [-0.3, -0.25) is 9.59 Å². The van der Waals surface area contributed by atoms with Gasteiger partial charge in [0, 0.05) is 18.2 Å². The van der Waals surface area contributed by atoms with Crippen LogP contribution in [-0.2, 0) is 9.59 Å². The lowest BCUT2D eigenvalue weighted by atomic mass is 10.1. The number of hydrogen-bond acceptors (Lipinski definition) is 3. The van der Waals surface area contributed by atoms with Crippen LogP contribution >= 0.6 is 11.8 Å². The van der Waals surface area contributed by atoms with Gasteiger partial charge in [-0.1, -0.05) is 57.5 Å². The van der Waals surface area contributed by atoms with Crippen molar-refractivity contribution in [1.29, 1.82) is 0 Å². The molecule has 1 saturated heterocycles. The molecule has 1 N–H and O–H groups in total. The van der Waals surface area contributed by atoms with E-state index in [9.17, 15) is 9.59 Å². The lowest BCUT2D eigenvalue weighted by molar-refractivity contribution is -0.142. The molecule has 1 fully saturated rings. The van der Waals surface area contributed by atoms with E-state index in [1.54, 1.807) is 16.7 Å². The lowest BCUT2D eigenvalue weighted by Crippen LogP contribution is -2.49. The highest BCUT2D eigenvalue weighted by Crippen LogP contribution is 2.42. The molecule has 2 atom stereocenters. The molecule has 5 heteroatoms. The second-order valence-electron chi connectivity index (χ2n) is 6.16. The number of amides is 2. The Hall–Kier alpha value is -1.49. The van der Waals surface area contributed by atoms with Crippen LogP contribution in [0.4, 0.5) is 0 Å². The SMILES string of the molecule is CCCCNC(=O)[C@@H]1CS[C@H](c2ccccc2)N1C(=O)C(C)C. The monoisotopic (exact) mass is 334 g/mol. The van der Waals surface area contributed by atoms with Gasteiger partial charge in [0.15, 0.2) is 0 Å². The summed E-state index contributed by atoms with van der Waals surface area (Å²) in [6.45, 7) is 6.55. The van der Waals surface area contributed by atoms with Gasteiger partial charge in [-0.05, 0) is 12.0 Å². The van der Waals surface area contributed by atoms with Gasteiger partial charge in [-0.15, -0.1) is 11.8 Å². The van der Waals surface area contributed by atoms with E-state index >= 15 is 0 Å². The normalized spacial score (nSPS) is 20.8. The Kier molecular flexibility index (Phi) is 6.51. The number of benzene rings is 1. The Morgan fingerprint density at radius 2 is 2.00 bits per heavy atom. The Morgan fingerprint density at radius 3 is 2.61 bits per heavy atom. The van der Waals surface area contributed by atoms with Gasteiger partial charge in [0.2, 0.25) is 11.8 Å². The molecule has 23 heavy (non-hydrogen) atoms. The second kappa shape index (κ2) is 8.39. The molecule has 1 heterocycles. The fourth-order valence-corrected chi connectivity index (χ4v) is 4.09. The first-order chi connectivity index (χ1) is 11.1. The minimum Gasteiger partial charge on any atom is -0.354 e. The molecule has 0 unspecified atom stereocenters. The third-order valence-electron chi connectivity index (χ3n) is 3.97. The molecule has 2 amide bonds. The molecule has 0 bridgehead atoms. The minimum atomic E-state index is -0.378. The van der Waals surface area contributed by atoms with E-state index in [0.717, 1.165) is 18.4 Å². The average molecular weight is 334 g/mol. The van der Waals surface area contributed by atoms with Crippen LogP contribution in [0.1, 0.15) is 44.6 Å². The second-order valence-corrected chi connectivity index (χ2v) is 7.27. The average Bonchev–Trinajstić information content (AvgIpc) is 2.99. The molecule has 0 saturated carbocycles. The van der Waals surface area contributed by atoms with Gasteiger partial charge in [-0.2, -0.15) is 0 Å². The molecular formula is C18H26N2O2S. The minimum absolute atomic E-state index is 0.0293. The maximum atomic E-state index is 12.7. The summed E-state index contributed by atoms with van der Waals surface area (Å²) in [5.74, 6) is 0.541. The smallest absolute Gasteiger partial charge is 0.243 e. The summed E-state index contributed by atoms with van der Waals surface area (Å²) in [7, 11) is 0. The van der Waals surface area contributed by atoms with Crippen molar-refractivity contribution in [2.75, 3.05) is 12.3 Å². The number of hydrogen-bond donors (Lipinski definition) is 1. The van der Waals surface area contributed by atoms with E-state index in [2.05, 4.69) is 12.2 Å². The van der Waals surface area contributed by atoms with E-state index in [1.165, 1.54) is 0 Å². The first kappa shape index (κ1) is 17.9. The Morgan fingerprint density at radius 1 is 1.30 bits per heavy atom. The van der Waals surface area contributed by atoms with Gasteiger partial charge < -0.3 is 10.2 Å². The number of rotatable bonds is 6. The number of carbonyl (C=O) groups is 2. The maximum Gasteiger partial charge on any atom is 0.243 e. The third-order valence-corrected chi connectivity index (χ3v) is 5.29. The summed E-state index contributed by atoms with van der Waals surface area (Å²) >= 11 is 1.67. The van der Waals surface area contributed by atoms with Crippen molar-refractivity contribution < 1.29 is 9.59 Å². The zero-order valence-electron chi connectivity index (χ0n) is 14.1. The highest BCUT2D eigenvalue weighted by molar-refractivity contribution is 7.99. The molecule has 0 aromatic heterocycles. The van der Waals surface area contributed by atoms with Crippen molar-refractivity contribution in [3.63, 3.8) is 0 Å². The number of unbranched alkanes of at least 4 members (excludes halogenated alkanes) is 1. The van der Waals surface area contributed by atoms with E-state index in [0.29, 0.717) is 12.3 Å². The van der Waals surface area contributed by atoms with Gasteiger partial charge in [0.25, 0.3) is 0 Å². The largest absolute Gasteiger partial charge is 0.354 e. The molecule has 1 aliphatic heterocycles. The molecule has 1 aromatic carbocycles. The number of carbonyl (C=O) groups excluding carboxylic acids is 2. The Balaban J connectivity index is 2.19. The first-order valence-corrected chi connectivity index (χ1v) is 9.37. The number of thioether (sulfide) groups is 1. The van der Waals surface area contributed by atoms with Crippen molar-refractivity contribution in [3.8, 4) is 0 Å². The predicted octanol–water partition coefficient (Wildman–Crippen LogP) is 3.20. The molecule has 2 rings (SSSR count). The molecule has 0 spiro atoms. The van der Waals surface area contributed by atoms with E-state index in [4.69, 9.17) is 0 Å². The highest BCUT2D eigenvalue weighted by atomic mass is 32.2.